The van der Waals surface area contributed by atoms with Gasteiger partial charge in [-0.05, 0) is 11.4 Å². The smallest absolute Gasteiger partial charge is 0.332 e. The number of amides is 1. The maximum Gasteiger partial charge on any atom is 0.332 e. The highest BCUT2D eigenvalue weighted by molar-refractivity contribution is 7.08. The predicted octanol–water partition coefficient (Wildman–Crippen LogP) is -0.0200. The molecule has 2 aromatic rings. The van der Waals surface area contributed by atoms with Gasteiger partial charge in [-0.1, -0.05) is 0 Å². The molecule has 19 heavy (non-hydrogen) atoms. The van der Waals surface area contributed by atoms with Crippen LogP contribution in [0.1, 0.15) is 10.4 Å². The minimum absolute atomic E-state index is 0.0725. The van der Waals surface area contributed by atoms with Gasteiger partial charge in [-0.2, -0.15) is 11.3 Å². The number of hydrogen-bond donors (Lipinski definition) is 2. The summed E-state index contributed by atoms with van der Waals surface area (Å²) >= 11 is 1.36. The molecule has 100 valence electrons. The van der Waals surface area contributed by atoms with Crippen molar-refractivity contribution < 1.29 is 4.79 Å². The third-order valence-corrected chi connectivity index (χ3v) is 3.41. The van der Waals surface area contributed by atoms with E-state index in [9.17, 15) is 14.4 Å². The van der Waals surface area contributed by atoms with E-state index in [1.807, 2.05) is 0 Å². The summed E-state index contributed by atoms with van der Waals surface area (Å²) in [4.78, 5) is 35.4. The number of hydrogen-bond acceptors (Lipinski definition) is 5. The molecular weight excluding hydrogens is 268 g/mol. The van der Waals surface area contributed by atoms with Gasteiger partial charge in [0.1, 0.15) is 11.5 Å². The highest BCUT2D eigenvalue weighted by atomic mass is 32.1. The van der Waals surface area contributed by atoms with Gasteiger partial charge in [0.15, 0.2) is 0 Å². The van der Waals surface area contributed by atoms with Gasteiger partial charge in [0, 0.05) is 19.5 Å². The Balaban J connectivity index is 2.50. The lowest BCUT2D eigenvalue weighted by Crippen LogP contribution is -2.40. The molecule has 0 bridgehead atoms. The van der Waals surface area contributed by atoms with E-state index in [1.165, 1.54) is 25.4 Å². The van der Waals surface area contributed by atoms with Gasteiger partial charge >= 0.3 is 5.69 Å². The van der Waals surface area contributed by atoms with Gasteiger partial charge in [-0.25, -0.2) is 4.79 Å². The number of nitrogens with two attached hydrogens (primary N) is 1. The number of nitrogens with zero attached hydrogens (tertiary/aromatic N) is 2. The second-order valence-corrected chi connectivity index (χ2v) is 4.71. The minimum Gasteiger partial charge on any atom is -0.383 e. The summed E-state index contributed by atoms with van der Waals surface area (Å²) in [5, 5.41) is 5.84. The lowest BCUT2D eigenvalue weighted by Gasteiger charge is -2.11. The van der Waals surface area contributed by atoms with E-state index in [-0.39, 0.29) is 11.5 Å². The van der Waals surface area contributed by atoms with Crippen LogP contribution >= 0.6 is 11.3 Å². The number of aromatic nitrogens is 2. The van der Waals surface area contributed by atoms with Crippen molar-refractivity contribution in [2.24, 2.45) is 14.1 Å². The molecule has 0 fully saturated rings. The molecule has 2 aromatic heterocycles. The van der Waals surface area contributed by atoms with E-state index >= 15 is 0 Å². The molecule has 0 saturated carbocycles. The molecule has 0 unspecified atom stereocenters. The van der Waals surface area contributed by atoms with Gasteiger partial charge in [0.2, 0.25) is 0 Å². The average Bonchev–Trinajstić information content (AvgIpc) is 2.93. The number of nitrogen functional groups attached to an aromatic ring is 1. The molecule has 0 aliphatic heterocycles. The van der Waals surface area contributed by atoms with E-state index in [2.05, 4.69) is 5.32 Å². The Morgan fingerprint density at radius 3 is 2.58 bits per heavy atom. The number of rotatable bonds is 2. The van der Waals surface area contributed by atoms with Crippen molar-refractivity contribution in [3.05, 3.63) is 43.2 Å². The van der Waals surface area contributed by atoms with Crippen molar-refractivity contribution in [3.63, 3.8) is 0 Å². The summed E-state index contributed by atoms with van der Waals surface area (Å²) in [6.45, 7) is 0. The lowest BCUT2D eigenvalue weighted by molar-refractivity contribution is 0.102. The number of carbonyl (C=O) groups is 1. The summed E-state index contributed by atoms with van der Waals surface area (Å²) in [5.41, 5.74) is 4.85. The Morgan fingerprint density at radius 1 is 1.32 bits per heavy atom. The molecule has 1 amide bonds. The molecule has 0 spiro atoms. The Morgan fingerprint density at radius 2 is 2.00 bits per heavy atom. The number of thiophene rings is 1. The summed E-state index contributed by atoms with van der Waals surface area (Å²) in [5.74, 6) is -0.514. The maximum atomic E-state index is 11.9. The Labute approximate surface area is 111 Å². The van der Waals surface area contributed by atoms with Crippen molar-refractivity contribution in [1.82, 2.24) is 9.13 Å². The third-order valence-electron chi connectivity index (χ3n) is 2.73. The summed E-state index contributed by atoms with van der Waals surface area (Å²) in [7, 11) is 2.75. The molecule has 0 aromatic carbocycles. The quantitative estimate of drug-likeness (QED) is 0.807. The molecule has 0 radical (unpaired) electrons. The largest absolute Gasteiger partial charge is 0.383 e. The van der Waals surface area contributed by atoms with Crippen molar-refractivity contribution in [2.75, 3.05) is 11.1 Å². The van der Waals surface area contributed by atoms with Gasteiger partial charge in [-0.15, -0.1) is 0 Å². The molecule has 0 aliphatic rings. The molecule has 8 heteroatoms. The molecule has 7 nitrogen and oxygen atoms in total. The lowest BCUT2D eigenvalue weighted by atomic mass is 10.3. The van der Waals surface area contributed by atoms with Crippen LogP contribution in [-0.2, 0) is 14.1 Å². The zero-order valence-electron chi connectivity index (χ0n) is 10.3. The first-order chi connectivity index (χ1) is 8.93. The monoisotopic (exact) mass is 280 g/mol. The van der Waals surface area contributed by atoms with Crippen LogP contribution in [-0.4, -0.2) is 15.0 Å². The highest BCUT2D eigenvalue weighted by Gasteiger charge is 2.16. The van der Waals surface area contributed by atoms with E-state index < -0.39 is 17.2 Å². The molecule has 0 saturated heterocycles. The first-order valence-corrected chi connectivity index (χ1v) is 6.26. The van der Waals surface area contributed by atoms with Crippen LogP contribution in [0.25, 0.3) is 0 Å². The van der Waals surface area contributed by atoms with Crippen LogP contribution < -0.4 is 22.3 Å². The standard InChI is InChI=1S/C11H12N4O3S/c1-14-8(12)7(10(17)15(2)11(14)18)13-9(16)6-3-4-19-5-6/h3-5H,12H2,1-2H3,(H,13,16). The molecule has 2 rings (SSSR count). The summed E-state index contributed by atoms with van der Waals surface area (Å²) in [6.07, 6.45) is 0. The highest BCUT2D eigenvalue weighted by Crippen LogP contribution is 2.12. The Kier molecular flexibility index (Phi) is 3.26. The van der Waals surface area contributed by atoms with Crippen LogP contribution in [0.15, 0.2) is 26.4 Å². The first kappa shape index (κ1) is 13.1. The van der Waals surface area contributed by atoms with Gasteiger partial charge in [0.05, 0.1) is 5.56 Å². The van der Waals surface area contributed by atoms with Crippen molar-refractivity contribution >= 4 is 28.7 Å². The predicted molar refractivity (Wildman–Crippen MR) is 73.6 cm³/mol. The SMILES string of the molecule is Cn1c(N)c(NC(=O)c2ccsc2)c(=O)n(C)c1=O. The molecule has 3 N–H and O–H groups in total. The fourth-order valence-electron chi connectivity index (χ4n) is 1.56. The van der Waals surface area contributed by atoms with Crippen LogP contribution in [0.4, 0.5) is 11.5 Å². The van der Waals surface area contributed by atoms with Crippen LogP contribution in [0.5, 0.6) is 0 Å². The topological polar surface area (TPSA) is 99.1 Å². The van der Waals surface area contributed by atoms with Gasteiger partial charge < -0.3 is 11.1 Å². The third kappa shape index (κ3) is 2.17. The van der Waals surface area contributed by atoms with Crippen molar-refractivity contribution in [3.8, 4) is 0 Å². The Bertz CT molecular complexity index is 743. The van der Waals surface area contributed by atoms with E-state index in [4.69, 9.17) is 5.73 Å². The fourth-order valence-corrected chi connectivity index (χ4v) is 2.19. The molecular formula is C11H12N4O3S. The van der Waals surface area contributed by atoms with E-state index in [0.29, 0.717) is 5.56 Å². The van der Waals surface area contributed by atoms with E-state index in [0.717, 1.165) is 9.13 Å². The van der Waals surface area contributed by atoms with Crippen LogP contribution in [0.3, 0.4) is 0 Å². The summed E-state index contributed by atoms with van der Waals surface area (Å²) < 4.78 is 1.99. The second-order valence-electron chi connectivity index (χ2n) is 3.93. The minimum atomic E-state index is -0.635. The zero-order chi connectivity index (χ0) is 14.2. The number of carbonyl (C=O) groups excluding carboxylic acids is 1. The summed E-state index contributed by atoms with van der Waals surface area (Å²) in [6, 6.07) is 1.63. The number of anilines is 2. The van der Waals surface area contributed by atoms with Crippen molar-refractivity contribution in [2.45, 2.75) is 0 Å². The first-order valence-electron chi connectivity index (χ1n) is 5.32. The second kappa shape index (κ2) is 4.73. The van der Waals surface area contributed by atoms with Crippen molar-refractivity contribution in [1.29, 1.82) is 0 Å². The number of nitrogens with one attached hydrogen (secondary N) is 1. The molecule has 0 atom stereocenters. The molecule has 2 heterocycles. The maximum absolute atomic E-state index is 11.9. The van der Waals surface area contributed by atoms with Crippen LogP contribution in [0, 0.1) is 0 Å². The van der Waals surface area contributed by atoms with E-state index in [1.54, 1.807) is 16.8 Å². The average molecular weight is 280 g/mol. The molecule has 0 aliphatic carbocycles. The Hall–Kier alpha value is -2.35. The normalized spacial score (nSPS) is 10.4. The van der Waals surface area contributed by atoms with Gasteiger partial charge in [-0.3, -0.25) is 18.7 Å². The zero-order valence-corrected chi connectivity index (χ0v) is 11.2. The van der Waals surface area contributed by atoms with Crippen LogP contribution in [0.2, 0.25) is 0 Å². The van der Waals surface area contributed by atoms with Gasteiger partial charge in [0.25, 0.3) is 11.5 Å². The fraction of sp³-hybridized carbons (Fsp3) is 0.182.